The van der Waals surface area contributed by atoms with Gasteiger partial charge < -0.3 is 4.74 Å². The fourth-order valence-electron chi connectivity index (χ4n) is 3.10. The third-order valence-corrected chi connectivity index (χ3v) is 4.46. The van der Waals surface area contributed by atoms with Crippen LogP contribution in [0.3, 0.4) is 0 Å². The topological polar surface area (TPSA) is 9.23 Å². The van der Waals surface area contributed by atoms with Gasteiger partial charge in [0.2, 0.25) is 0 Å². The molecular formula is C21H28O. The van der Waals surface area contributed by atoms with Crippen molar-refractivity contribution in [2.45, 2.75) is 52.1 Å². The van der Waals surface area contributed by atoms with Gasteiger partial charge in [0, 0.05) is 6.42 Å². The molecule has 0 aromatic heterocycles. The molecule has 22 heavy (non-hydrogen) atoms. The summed E-state index contributed by atoms with van der Waals surface area (Å²) < 4.78 is 5.90. The van der Waals surface area contributed by atoms with E-state index < -0.39 is 0 Å². The van der Waals surface area contributed by atoms with Gasteiger partial charge in [-0.3, -0.25) is 0 Å². The summed E-state index contributed by atoms with van der Waals surface area (Å²) in [6.07, 6.45) is 12.1. The molecule has 1 aromatic rings. The lowest BCUT2D eigenvalue weighted by molar-refractivity contribution is 0.169. The molecule has 0 unspecified atom stereocenters. The molecule has 0 radical (unpaired) electrons. The Morgan fingerprint density at radius 2 is 1.95 bits per heavy atom. The van der Waals surface area contributed by atoms with Crippen molar-refractivity contribution in [2.24, 2.45) is 11.8 Å². The average molecular weight is 296 g/mol. The zero-order valence-corrected chi connectivity index (χ0v) is 13.8. The lowest BCUT2D eigenvalue weighted by atomic mass is 9.80. The molecule has 1 heteroatoms. The van der Waals surface area contributed by atoms with Gasteiger partial charge in [-0.1, -0.05) is 61.7 Å². The molecule has 0 N–H and O–H groups in total. The molecule has 1 saturated carbocycles. The molecule has 0 heterocycles. The Morgan fingerprint density at radius 1 is 1.23 bits per heavy atom. The van der Waals surface area contributed by atoms with Crippen LogP contribution in [0.5, 0.6) is 0 Å². The number of rotatable bonds is 7. The van der Waals surface area contributed by atoms with Crippen LogP contribution in [-0.4, -0.2) is 0 Å². The second kappa shape index (κ2) is 9.33. The van der Waals surface area contributed by atoms with Crippen LogP contribution in [0.2, 0.25) is 0 Å². The van der Waals surface area contributed by atoms with Crippen molar-refractivity contribution in [1.82, 2.24) is 0 Å². The normalized spacial score (nSPS) is 21.5. The van der Waals surface area contributed by atoms with Gasteiger partial charge in [0.25, 0.3) is 0 Å². The first-order chi connectivity index (χ1) is 10.8. The van der Waals surface area contributed by atoms with Gasteiger partial charge in [0.1, 0.15) is 12.4 Å². The maximum absolute atomic E-state index is 5.90. The molecular weight excluding hydrogens is 268 g/mol. The Labute approximate surface area is 135 Å². The quantitative estimate of drug-likeness (QED) is 0.339. The van der Waals surface area contributed by atoms with Crippen LogP contribution in [0.4, 0.5) is 0 Å². The van der Waals surface area contributed by atoms with E-state index in [1.807, 2.05) is 18.2 Å². The summed E-state index contributed by atoms with van der Waals surface area (Å²) in [5, 5.41) is 0. The molecule has 1 fully saturated rings. The third-order valence-electron chi connectivity index (χ3n) is 4.46. The zero-order valence-electron chi connectivity index (χ0n) is 13.8. The van der Waals surface area contributed by atoms with Gasteiger partial charge in [0.15, 0.2) is 0 Å². The number of benzene rings is 1. The van der Waals surface area contributed by atoms with Crippen molar-refractivity contribution in [2.75, 3.05) is 0 Å². The minimum atomic E-state index is 0.618. The van der Waals surface area contributed by atoms with Crippen LogP contribution in [0.25, 0.3) is 0 Å². The first-order valence-corrected chi connectivity index (χ1v) is 8.54. The molecule has 0 atom stereocenters. The lowest BCUT2D eigenvalue weighted by Crippen LogP contribution is -2.14. The summed E-state index contributed by atoms with van der Waals surface area (Å²) in [6.45, 7) is 6.62. The van der Waals surface area contributed by atoms with Crippen LogP contribution in [0, 0.1) is 11.8 Å². The van der Waals surface area contributed by atoms with Gasteiger partial charge in [0.05, 0.1) is 0 Å². The fourth-order valence-corrected chi connectivity index (χ4v) is 3.10. The van der Waals surface area contributed by atoms with Gasteiger partial charge in [-0.25, -0.2) is 0 Å². The molecule has 1 aliphatic carbocycles. The number of ether oxygens (including phenoxy) is 1. The van der Waals surface area contributed by atoms with Crippen LogP contribution in [0.1, 0.15) is 51.0 Å². The van der Waals surface area contributed by atoms with Gasteiger partial charge in [-0.15, -0.1) is 0 Å². The van der Waals surface area contributed by atoms with Crippen LogP contribution in [0.15, 0.2) is 60.6 Å². The summed E-state index contributed by atoms with van der Waals surface area (Å²) in [5.74, 6) is 2.44. The van der Waals surface area contributed by atoms with E-state index in [-0.39, 0.29) is 0 Å². The van der Waals surface area contributed by atoms with Crippen molar-refractivity contribution in [3.05, 3.63) is 66.1 Å². The highest BCUT2D eigenvalue weighted by atomic mass is 16.5. The van der Waals surface area contributed by atoms with Crippen molar-refractivity contribution < 1.29 is 4.74 Å². The number of allylic oxidation sites excluding steroid dienone is 3. The fraction of sp³-hybridized carbons (Fsp3) is 0.476. The van der Waals surface area contributed by atoms with Crippen molar-refractivity contribution >= 4 is 0 Å². The number of hydrogen-bond acceptors (Lipinski definition) is 1. The first kappa shape index (κ1) is 16.6. The van der Waals surface area contributed by atoms with E-state index in [2.05, 4.69) is 43.5 Å². The summed E-state index contributed by atoms with van der Waals surface area (Å²) in [5.41, 5.74) is 4.19. The molecule has 1 nitrogen and oxygen atoms in total. The largest absolute Gasteiger partial charge is 0.485 e. The Balaban J connectivity index is 1.75. The van der Waals surface area contributed by atoms with E-state index >= 15 is 0 Å². The highest BCUT2D eigenvalue weighted by Crippen LogP contribution is 2.33. The molecule has 0 spiro atoms. The van der Waals surface area contributed by atoms with E-state index in [0.717, 1.165) is 30.4 Å². The summed E-state index contributed by atoms with van der Waals surface area (Å²) >= 11 is 0. The third kappa shape index (κ3) is 5.58. The Hall–Kier alpha value is -1.72. The second-order valence-corrected chi connectivity index (χ2v) is 6.20. The summed E-state index contributed by atoms with van der Waals surface area (Å²) in [6, 6.07) is 10.3. The zero-order chi connectivity index (χ0) is 15.6. The SMILES string of the molecule is C=C=C(CC1CCC(/C=C\CC)CC1)OCc1ccccc1. The number of hydrogen-bond donors (Lipinski definition) is 0. The van der Waals surface area contributed by atoms with Crippen molar-refractivity contribution in [1.29, 1.82) is 0 Å². The predicted molar refractivity (Wildman–Crippen MR) is 93.4 cm³/mol. The first-order valence-electron chi connectivity index (χ1n) is 8.54. The maximum Gasteiger partial charge on any atom is 0.138 e. The molecule has 1 aromatic carbocycles. The van der Waals surface area contributed by atoms with Gasteiger partial charge in [-0.2, -0.15) is 0 Å². The maximum atomic E-state index is 5.90. The second-order valence-electron chi connectivity index (χ2n) is 6.20. The Kier molecular flexibility index (Phi) is 7.06. The van der Waals surface area contributed by atoms with E-state index in [9.17, 15) is 0 Å². The standard InChI is InChI=1S/C21H28O/c1-3-5-9-18-12-14-19(15-13-18)16-21(4-2)22-17-20-10-7-6-8-11-20/h5-11,18-19H,2-3,12-17H2,1H3/b9-5-. The monoisotopic (exact) mass is 296 g/mol. The molecule has 1 aliphatic rings. The van der Waals surface area contributed by atoms with Gasteiger partial charge in [-0.05, 0) is 49.5 Å². The van der Waals surface area contributed by atoms with Crippen LogP contribution < -0.4 is 0 Å². The minimum absolute atomic E-state index is 0.618. The van der Waals surface area contributed by atoms with E-state index in [4.69, 9.17) is 4.74 Å². The Bertz CT molecular complexity index is 500. The van der Waals surface area contributed by atoms with E-state index in [1.54, 1.807) is 0 Å². The Morgan fingerprint density at radius 3 is 2.59 bits per heavy atom. The van der Waals surface area contributed by atoms with E-state index in [0.29, 0.717) is 6.61 Å². The van der Waals surface area contributed by atoms with Crippen LogP contribution >= 0.6 is 0 Å². The summed E-state index contributed by atoms with van der Waals surface area (Å²) in [4.78, 5) is 0. The highest BCUT2D eigenvalue weighted by molar-refractivity contribution is 5.14. The van der Waals surface area contributed by atoms with Crippen molar-refractivity contribution in [3.8, 4) is 0 Å². The predicted octanol–water partition coefficient (Wildman–Crippen LogP) is 6.03. The smallest absolute Gasteiger partial charge is 0.138 e. The average Bonchev–Trinajstić information content (AvgIpc) is 2.58. The van der Waals surface area contributed by atoms with Crippen LogP contribution in [-0.2, 0) is 11.3 Å². The minimum Gasteiger partial charge on any atom is -0.485 e. The van der Waals surface area contributed by atoms with Gasteiger partial charge >= 0.3 is 0 Å². The molecule has 2 rings (SSSR count). The highest BCUT2D eigenvalue weighted by Gasteiger charge is 2.20. The lowest BCUT2D eigenvalue weighted by Gasteiger charge is -2.27. The molecule has 118 valence electrons. The molecule has 0 bridgehead atoms. The summed E-state index contributed by atoms with van der Waals surface area (Å²) in [7, 11) is 0. The van der Waals surface area contributed by atoms with E-state index in [1.165, 1.54) is 31.2 Å². The molecule has 0 saturated heterocycles. The van der Waals surface area contributed by atoms with Crippen molar-refractivity contribution in [3.63, 3.8) is 0 Å². The molecule has 0 amide bonds. The molecule has 0 aliphatic heterocycles.